The monoisotopic (exact) mass is 402 g/mol. The fraction of sp³-hybridized carbons (Fsp3) is 0.450. The molecule has 7 heteroatoms. The van der Waals surface area contributed by atoms with Crippen LogP contribution in [0.3, 0.4) is 0 Å². The third kappa shape index (κ3) is 3.50. The van der Waals surface area contributed by atoms with Gasteiger partial charge in [0.15, 0.2) is 5.82 Å². The Morgan fingerprint density at radius 3 is 2.70 bits per heavy atom. The average molecular weight is 403 g/mol. The van der Waals surface area contributed by atoms with Gasteiger partial charge in [0.05, 0.1) is 5.02 Å². The highest BCUT2D eigenvalue weighted by molar-refractivity contribution is 6.36. The predicted molar refractivity (Wildman–Crippen MR) is 107 cm³/mol. The first-order valence-corrected chi connectivity index (χ1v) is 10.2. The predicted octanol–water partition coefficient (Wildman–Crippen LogP) is 5.89. The number of hydrogen-bond acceptors (Lipinski definition) is 5. The van der Waals surface area contributed by atoms with E-state index in [4.69, 9.17) is 27.7 Å². The molecule has 1 N–H and O–H groups in total. The van der Waals surface area contributed by atoms with Gasteiger partial charge in [-0.2, -0.15) is 0 Å². The number of benzene rings is 1. The molecule has 3 aromatic rings. The summed E-state index contributed by atoms with van der Waals surface area (Å²) in [4.78, 5) is 9.19. The summed E-state index contributed by atoms with van der Waals surface area (Å²) < 4.78 is 5.67. The molecule has 2 aliphatic carbocycles. The van der Waals surface area contributed by atoms with Crippen LogP contribution in [-0.2, 0) is 0 Å². The van der Waals surface area contributed by atoms with E-state index in [-0.39, 0.29) is 0 Å². The van der Waals surface area contributed by atoms with E-state index in [0.29, 0.717) is 38.7 Å². The molecule has 5 rings (SSSR count). The van der Waals surface area contributed by atoms with Crippen molar-refractivity contribution in [3.63, 3.8) is 0 Å². The van der Waals surface area contributed by atoms with Crippen LogP contribution in [0.4, 0.5) is 5.82 Å². The van der Waals surface area contributed by atoms with Gasteiger partial charge in [-0.15, -0.1) is 0 Å². The van der Waals surface area contributed by atoms with Crippen LogP contribution in [0.1, 0.15) is 37.9 Å². The quantitative estimate of drug-likeness (QED) is 0.556. The lowest BCUT2D eigenvalue weighted by Gasteiger charge is -2.18. The molecule has 0 aliphatic heterocycles. The van der Waals surface area contributed by atoms with Crippen molar-refractivity contribution < 1.29 is 4.52 Å². The molecule has 1 aromatic carbocycles. The maximum absolute atomic E-state index is 6.37. The number of hydrogen-bond donors (Lipinski definition) is 1. The molecular weight excluding hydrogens is 383 g/mol. The third-order valence-electron chi connectivity index (χ3n) is 5.41. The van der Waals surface area contributed by atoms with Crippen LogP contribution >= 0.6 is 23.2 Å². The molecule has 2 aromatic heterocycles. The number of aryl methyl sites for hydroxylation is 1. The maximum atomic E-state index is 6.37. The van der Waals surface area contributed by atoms with Gasteiger partial charge in [-0.25, -0.2) is 9.97 Å². The Labute approximate surface area is 167 Å². The highest BCUT2D eigenvalue weighted by Gasteiger charge is 2.36. The molecule has 0 amide bonds. The first kappa shape index (κ1) is 17.3. The summed E-state index contributed by atoms with van der Waals surface area (Å²) >= 11 is 12.4. The first-order valence-electron chi connectivity index (χ1n) is 9.44. The van der Waals surface area contributed by atoms with Gasteiger partial charge in [-0.3, -0.25) is 0 Å². The average Bonchev–Trinajstić information content (AvgIpc) is 3.53. The first-order chi connectivity index (χ1) is 13.1. The number of rotatable bonds is 6. The van der Waals surface area contributed by atoms with Crippen molar-refractivity contribution in [2.75, 3.05) is 5.32 Å². The van der Waals surface area contributed by atoms with Crippen molar-refractivity contribution in [2.45, 2.75) is 45.1 Å². The highest BCUT2D eigenvalue weighted by Crippen LogP contribution is 2.43. The topological polar surface area (TPSA) is 63.8 Å². The van der Waals surface area contributed by atoms with Gasteiger partial charge in [-0.05, 0) is 56.2 Å². The second kappa shape index (κ2) is 6.64. The number of halogens is 2. The Kier molecular flexibility index (Phi) is 4.25. The summed E-state index contributed by atoms with van der Waals surface area (Å²) in [5.41, 5.74) is 2.63. The molecule has 2 fully saturated rings. The summed E-state index contributed by atoms with van der Waals surface area (Å²) in [5.74, 6) is 3.02. The zero-order valence-corrected chi connectivity index (χ0v) is 16.5. The van der Waals surface area contributed by atoms with E-state index < -0.39 is 0 Å². The largest absolute Gasteiger partial charge is 0.364 e. The summed E-state index contributed by atoms with van der Waals surface area (Å²) in [5, 5.41) is 9.00. The Balaban J connectivity index is 1.54. The summed E-state index contributed by atoms with van der Waals surface area (Å²) in [6, 6.07) is 5.77. The van der Waals surface area contributed by atoms with Gasteiger partial charge in [0.1, 0.15) is 17.0 Å². The van der Waals surface area contributed by atoms with Crippen LogP contribution in [0.2, 0.25) is 10.0 Å². The molecule has 0 saturated heterocycles. The van der Waals surface area contributed by atoms with E-state index in [1.165, 1.54) is 32.1 Å². The molecule has 27 heavy (non-hydrogen) atoms. The van der Waals surface area contributed by atoms with E-state index in [1.807, 2.05) is 13.0 Å². The van der Waals surface area contributed by atoms with Crippen LogP contribution in [0.5, 0.6) is 0 Å². The minimum Gasteiger partial charge on any atom is -0.364 e. The second-order valence-electron chi connectivity index (χ2n) is 7.72. The lowest BCUT2D eigenvalue weighted by molar-refractivity contribution is 0.458. The molecule has 5 nitrogen and oxygen atoms in total. The van der Waals surface area contributed by atoms with Crippen LogP contribution < -0.4 is 5.32 Å². The number of nitrogens with zero attached hydrogens (tertiary/aromatic N) is 3. The number of nitrogens with one attached hydrogen (secondary N) is 1. The van der Waals surface area contributed by atoms with Gasteiger partial charge in [0, 0.05) is 16.6 Å². The fourth-order valence-corrected chi connectivity index (χ4v) is 4.15. The summed E-state index contributed by atoms with van der Waals surface area (Å²) in [7, 11) is 0. The summed E-state index contributed by atoms with van der Waals surface area (Å²) in [6.07, 6.45) is 6.49. The van der Waals surface area contributed by atoms with Gasteiger partial charge < -0.3 is 9.84 Å². The van der Waals surface area contributed by atoms with E-state index in [9.17, 15) is 0 Å². The number of anilines is 1. The Bertz CT molecular complexity index is 1010. The van der Waals surface area contributed by atoms with Crippen LogP contribution in [0.25, 0.3) is 22.4 Å². The van der Waals surface area contributed by atoms with Crippen molar-refractivity contribution >= 4 is 40.1 Å². The second-order valence-corrected chi connectivity index (χ2v) is 8.56. The number of aromatic nitrogens is 3. The molecule has 1 atom stereocenters. The SMILES string of the molecule is Cc1nc(NC(CC2CC2)C2CC2)c2onc(-c3ccc(Cl)cc3Cl)c2n1. The van der Waals surface area contributed by atoms with Crippen molar-refractivity contribution in [1.29, 1.82) is 0 Å². The molecule has 0 bridgehead atoms. The van der Waals surface area contributed by atoms with Crippen molar-refractivity contribution in [1.82, 2.24) is 15.1 Å². The highest BCUT2D eigenvalue weighted by atomic mass is 35.5. The smallest absolute Gasteiger partial charge is 0.228 e. The molecule has 2 aliphatic rings. The van der Waals surface area contributed by atoms with Crippen molar-refractivity contribution in [2.24, 2.45) is 11.8 Å². The lowest BCUT2D eigenvalue weighted by atomic mass is 10.1. The van der Waals surface area contributed by atoms with Crippen molar-refractivity contribution in [3.8, 4) is 11.3 Å². The molecule has 2 heterocycles. The molecule has 2 saturated carbocycles. The van der Waals surface area contributed by atoms with E-state index in [0.717, 1.165) is 23.2 Å². The van der Waals surface area contributed by atoms with Crippen LogP contribution in [0, 0.1) is 18.8 Å². The third-order valence-corrected chi connectivity index (χ3v) is 5.96. The minimum absolute atomic E-state index is 0.447. The number of fused-ring (bicyclic) bond motifs is 1. The van der Waals surface area contributed by atoms with Gasteiger partial charge in [0.2, 0.25) is 5.58 Å². The van der Waals surface area contributed by atoms with Crippen molar-refractivity contribution in [3.05, 3.63) is 34.1 Å². The standard InChI is InChI=1S/C20H20Cl2N4O/c1-10-23-18-17(14-7-6-13(21)9-15(14)22)26-27-19(18)20(24-10)25-16(12-4-5-12)8-11-2-3-11/h6-7,9,11-12,16H,2-5,8H2,1H3,(H,23,24,25). The fourth-order valence-electron chi connectivity index (χ4n) is 3.66. The Morgan fingerprint density at radius 1 is 1.19 bits per heavy atom. The zero-order valence-electron chi connectivity index (χ0n) is 15.0. The maximum Gasteiger partial charge on any atom is 0.228 e. The van der Waals surface area contributed by atoms with E-state index in [2.05, 4.69) is 20.4 Å². The molecular formula is C20H20Cl2N4O. The zero-order chi connectivity index (χ0) is 18.5. The molecule has 0 radical (unpaired) electrons. The lowest BCUT2D eigenvalue weighted by Crippen LogP contribution is -2.23. The van der Waals surface area contributed by atoms with Gasteiger partial charge in [-0.1, -0.05) is 41.2 Å². The van der Waals surface area contributed by atoms with Crippen LogP contribution in [-0.4, -0.2) is 21.2 Å². The van der Waals surface area contributed by atoms with E-state index in [1.54, 1.807) is 12.1 Å². The summed E-state index contributed by atoms with van der Waals surface area (Å²) in [6.45, 7) is 1.89. The Hall–Kier alpha value is -1.85. The van der Waals surface area contributed by atoms with E-state index >= 15 is 0 Å². The van der Waals surface area contributed by atoms with Crippen LogP contribution in [0.15, 0.2) is 22.7 Å². The minimum atomic E-state index is 0.447. The van der Waals surface area contributed by atoms with Gasteiger partial charge in [0.25, 0.3) is 0 Å². The molecule has 140 valence electrons. The normalized spacial score (nSPS) is 18.0. The molecule has 0 spiro atoms. The molecule has 1 unspecified atom stereocenters. The Morgan fingerprint density at radius 2 is 2.00 bits per heavy atom. The van der Waals surface area contributed by atoms with Gasteiger partial charge >= 0.3 is 0 Å².